The van der Waals surface area contributed by atoms with Gasteiger partial charge in [-0.3, -0.25) is 20.8 Å². The maximum atomic E-state index is 12.6. The van der Waals surface area contributed by atoms with Crippen molar-refractivity contribution in [2.24, 2.45) is 16.6 Å². The van der Waals surface area contributed by atoms with Crippen molar-refractivity contribution in [3.63, 3.8) is 0 Å². The van der Waals surface area contributed by atoms with Crippen LogP contribution in [0.1, 0.15) is 19.4 Å². The van der Waals surface area contributed by atoms with Gasteiger partial charge < -0.3 is 34.9 Å². The van der Waals surface area contributed by atoms with E-state index in [2.05, 4.69) is 20.9 Å². The van der Waals surface area contributed by atoms with Gasteiger partial charge in [0.15, 0.2) is 6.04 Å². The minimum Gasteiger partial charge on any atom is -0.461 e. The van der Waals surface area contributed by atoms with Crippen molar-refractivity contribution in [2.45, 2.75) is 51.1 Å². The third kappa shape index (κ3) is 7.36. The van der Waals surface area contributed by atoms with Crippen LogP contribution in [0.15, 0.2) is 35.3 Å². The monoisotopic (exact) mass is 492 g/mol. The molecular weight excluding hydrogens is 460 g/mol. The molecule has 5 atom stereocenters. The van der Waals surface area contributed by atoms with Gasteiger partial charge in [0.1, 0.15) is 44.5 Å². The Bertz CT molecular complexity index is 900. The number of hydrogen-bond donors (Lipinski definition) is 5. The van der Waals surface area contributed by atoms with E-state index >= 15 is 0 Å². The van der Waals surface area contributed by atoms with E-state index in [1.807, 2.05) is 30.3 Å². The molecule has 13 heteroatoms. The summed E-state index contributed by atoms with van der Waals surface area (Å²) in [4.78, 5) is 42.5. The van der Waals surface area contributed by atoms with Crippen molar-refractivity contribution < 1.29 is 33.7 Å². The third-order valence-corrected chi connectivity index (χ3v) is 5.43. The molecule has 192 valence electrons. The normalized spacial score (nSPS) is 22.8. The number of carbonyl (C=O) groups excluding carboxylic acids is 3. The second-order valence-corrected chi connectivity index (χ2v) is 8.48. The van der Waals surface area contributed by atoms with Gasteiger partial charge in [-0.2, -0.15) is 0 Å². The molecule has 0 aliphatic carbocycles. The standard InChI is InChI=1S/C22H32N6O7/c1-13(2)16(25-22(32)34-9-14-6-4-3-5-7-14)20(31)33-10-15(8-29)35-12-28-11-24-17-18(28)26-21(23)27-19(17)30/h3-7,11,13,15-18,21,26,29H,8-10,12,23H2,1-2H3,(H,25,32)(H,27,30)/t15?,16-,17?,18?,21?/m0/s1. The number of fused-ring (bicyclic) bond motifs is 1. The summed E-state index contributed by atoms with van der Waals surface area (Å²) >= 11 is 0. The topological polar surface area (TPSA) is 177 Å². The average molecular weight is 493 g/mol. The first-order chi connectivity index (χ1) is 16.8. The SMILES string of the molecule is CC(C)[C@H](NC(=O)OCc1ccccc1)C(=O)OCC(CO)OCN1C=NC2C(=O)NC(N)NC21. The van der Waals surface area contributed by atoms with Crippen LogP contribution in [0.4, 0.5) is 4.79 Å². The Kier molecular flexibility index (Phi) is 9.37. The van der Waals surface area contributed by atoms with Crippen LogP contribution in [-0.2, 0) is 30.4 Å². The van der Waals surface area contributed by atoms with Gasteiger partial charge in [0.2, 0.25) is 0 Å². The van der Waals surface area contributed by atoms with Gasteiger partial charge in [-0.1, -0.05) is 44.2 Å². The van der Waals surface area contributed by atoms with E-state index in [1.54, 1.807) is 18.7 Å². The smallest absolute Gasteiger partial charge is 0.408 e. The first kappa shape index (κ1) is 26.3. The van der Waals surface area contributed by atoms with Crippen molar-refractivity contribution in [3.05, 3.63) is 35.9 Å². The minimum absolute atomic E-state index is 0.0296. The van der Waals surface area contributed by atoms with Gasteiger partial charge in [-0.15, -0.1) is 0 Å². The van der Waals surface area contributed by atoms with Crippen LogP contribution in [0.2, 0.25) is 0 Å². The fourth-order valence-electron chi connectivity index (χ4n) is 3.47. The van der Waals surface area contributed by atoms with Gasteiger partial charge >= 0.3 is 12.1 Å². The zero-order valence-corrected chi connectivity index (χ0v) is 19.6. The maximum absolute atomic E-state index is 12.6. The van der Waals surface area contributed by atoms with Crippen LogP contribution in [0.3, 0.4) is 0 Å². The van der Waals surface area contributed by atoms with Gasteiger partial charge in [0.05, 0.1) is 12.9 Å². The second-order valence-electron chi connectivity index (χ2n) is 8.48. The highest BCUT2D eigenvalue weighted by atomic mass is 16.6. The van der Waals surface area contributed by atoms with Crippen molar-refractivity contribution in [2.75, 3.05) is 19.9 Å². The first-order valence-electron chi connectivity index (χ1n) is 11.3. The molecule has 1 fully saturated rings. The van der Waals surface area contributed by atoms with Crippen LogP contribution in [0, 0.1) is 5.92 Å². The summed E-state index contributed by atoms with van der Waals surface area (Å²) in [7, 11) is 0. The summed E-state index contributed by atoms with van der Waals surface area (Å²) in [6.07, 6.45) is -1.33. The number of hydrogen-bond acceptors (Lipinski definition) is 11. The van der Waals surface area contributed by atoms with Crippen LogP contribution in [0.25, 0.3) is 0 Å². The molecule has 4 unspecified atom stereocenters. The lowest BCUT2D eigenvalue weighted by Gasteiger charge is -2.35. The fourth-order valence-corrected chi connectivity index (χ4v) is 3.47. The van der Waals surface area contributed by atoms with Crippen molar-refractivity contribution in [3.8, 4) is 0 Å². The van der Waals surface area contributed by atoms with E-state index < -0.39 is 49.3 Å². The number of benzene rings is 1. The molecular formula is C22H32N6O7. The minimum atomic E-state index is -0.949. The highest BCUT2D eigenvalue weighted by molar-refractivity contribution is 5.87. The lowest BCUT2D eigenvalue weighted by atomic mass is 10.1. The molecule has 35 heavy (non-hydrogen) atoms. The van der Waals surface area contributed by atoms with Gasteiger partial charge in [-0.05, 0) is 11.5 Å². The number of nitrogens with one attached hydrogen (secondary N) is 3. The number of nitrogens with zero attached hydrogens (tertiary/aromatic N) is 2. The molecule has 1 aromatic carbocycles. The quantitative estimate of drug-likeness (QED) is 0.236. The first-order valence-corrected chi connectivity index (χ1v) is 11.3. The molecule has 3 rings (SSSR count). The predicted molar refractivity (Wildman–Crippen MR) is 123 cm³/mol. The summed E-state index contributed by atoms with van der Waals surface area (Å²) in [5.41, 5.74) is 6.55. The molecule has 0 saturated carbocycles. The van der Waals surface area contributed by atoms with Crippen LogP contribution in [-0.4, -0.2) is 84.9 Å². The Morgan fingerprint density at radius 2 is 2.00 bits per heavy atom. The highest BCUT2D eigenvalue weighted by Gasteiger charge is 2.41. The summed E-state index contributed by atoms with van der Waals surface area (Å²) in [6.45, 7) is 2.88. The number of esters is 1. The Morgan fingerprint density at radius 3 is 2.69 bits per heavy atom. The second kappa shape index (κ2) is 12.4. The number of aliphatic hydroxyl groups excluding tert-OH is 1. The van der Waals surface area contributed by atoms with E-state index in [1.165, 1.54) is 6.34 Å². The third-order valence-electron chi connectivity index (χ3n) is 5.43. The van der Waals surface area contributed by atoms with Gasteiger partial charge in [0.25, 0.3) is 5.91 Å². The molecule has 1 aromatic rings. The Hall–Kier alpha value is -3.26. The molecule has 2 aliphatic heterocycles. The number of ether oxygens (including phenoxy) is 3. The fraction of sp³-hybridized carbons (Fsp3) is 0.545. The Morgan fingerprint density at radius 1 is 1.26 bits per heavy atom. The molecule has 2 amide bonds. The van der Waals surface area contributed by atoms with Gasteiger partial charge in [-0.25, -0.2) is 9.59 Å². The number of alkyl carbamates (subject to hydrolysis) is 1. The zero-order valence-electron chi connectivity index (χ0n) is 19.6. The molecule has 0 radical (unpaired) electrons. The summed E-state index contributed by atoms with van der Waals surface area (Å²) < 4.78 is 16.1. The number of amides is 2. The summed E-state index contributed by atoms with van der Waals surface area (Å²) in [5, 5.41) is 17.7. The molecule has 2 aliphatic rings. The van der Waals surface area contributed by atoms with Crippen LogP contribution in [0.5, 0.6) is 0 Å². The van der Waals surface area contributed by atoms with E-state index in [-0.39, 0.29) is 31.8 Å². The van der Waals surface area contributed by atoms with Crippen molar-refractivity contribution >= 4 is 24.3 Å². The molecule has 13 nitrogen and oxygen atoms in total. The average Bonchev–Trinajstić information content (AvgIpc) is 3.24. The molecule has 6 N–H and O–H groups in total. The lowest BCUT2D eigenvalue weighted by molar-refractivity contribution is -0.154. The summed E-state index contributed by atoms with van der Waals surface area (Å²) in [6, 6.07) is 7.54. The molecule has 2 heterocycles. The number of nitrogens with two attached hydrogens (primary N) is 1. The van der Waals surface area contributed by atoms with Crippen molar-refractivity contribution in [1.82, 2.24) is 20.9 Å². The van der Waals surface area contributed by atoms with Gasteiger partial charge in [0, 0.05) is 0 Å². The van der Waals surface area contributed by atoms with E-state index in [0.717, 1.165) is 5.56 Å². The number of aliphatic imine (C=N–C) groups is 1. The Balaban J connectivity index is 1.44. The van der Waals surface area contributed by atoms with Crippen LogP contribution >= 0.6 is 0 Å². The molecule has 0 spiro atoms. The largest absolute Gasteiger partial charge is 0.461 e. The molecule has 1 saturated heterocycles. The number of rotatable bonds is 11. The molecule has 0 bridgehead atoms. The van der Waals surface area contributed by atoms with E-state index in [9.17, 15) is 19.5 Å². The maximum Gasteiger partial charge on any atom is 0.408 e. The van der Waals surface area contributed by atoms with Crippen LogP contribution < -0.4 is 21.7 Å². The lowest BCUT2D eigenvalue weighted by Crippen LogP contribution is -2.69. The molecule has 0 aromatic heterocycles. The van der Waals surface area contributed by atoms with E-state index in [0.29, 0.717) is 0 Å². The number of carbonyl (C=O) groups is 3. The van der Waals surface area contributed by atoms with E-state index in [4.69, 9.17) is 19.9 Å². The Labute approximate surface area is 203 Å². The summed E-state index contributed by atoms with van der Waals surface area (Å²) in [5.74, 6) is -1.26. The predicted octanol–water partition coefficient (Wildman–Crippen LogP) is -1.18. The highest BCUT2D eigenvalue weighted by Crippen LogP contribution is 2.15. The zero-order chi connectivity index (χ0) is 25.4. The van der Waals surface area contributed by atoms with Crippen molar-refractivity contribution in [1.29, 1.82) is 0 Å². The number of aliphatic hydroxyl groups is 1.